The summed E-state index contributed by atoms with van der Waals surface area (Å²) in [5.74, 6) is 0.689. The molecule has 76 valence electrons. The summed E-state index contributed by atoms with van der Waals surface area (Å²) in [5, 5.41) is 0.535. The Morgan fingerprint density at radius 3 is 3.07 bits per heavy atom. The van der Waals surface area contributed by atoms with Crippen LogP contribution in [0.1, 0.15) is 0 Å². The Bertz CT molecular complexity index is 551. The number of rotatable bonds is 3. The lowest BCUT2D eigenvalue weighted by atomic mass is 10.5. The van der Waals surface area contributed by atoms with Crippen molar-refractivity contribution in [3.8, 4) is 0 Å². The highest BCUT2D eigenvalue weighted by Gasteiger charge is 2.04. The number of thioether (sulfide) groups is 1. The van der Waals surface area contributed by atoms with Crippen LogP contribution < -0.4 is 5.56 Å². The third kappa shape index (κ3) is 2.04. The smallest absolute Gasteiger partial charge is 0.279 e. The molecule has 0 aromatic carbocycles. The van der Waals surface area contributed by atoms with Gasteiger partial charge in [0.25, 0.3) is 5.56 Å². The molecule has 0 aliphatic rings. The van der Waals surface area contributed by atoms with Crippen molar-refractivity contribution in [1.29, 1.82) is 0 Å². The minimum atomic E-state index is -0.264. The Morgan fingerprint density at radius 2 is 2.27 bits per heavy atom. The Kier molecular flexibility index (Phi) is 2.77. The summed E-state index contributed by atoms with van der Waals surface area (Å²) in [4.78, 5) is 26.2. The maximum absolute atomic E-state index is 11.5. The van der Waals surface area contributed by atoms with Crippen molar-refractivity contribution in [1.82, 2.24) is 19.9 Å². The first-order chi connectivity index (χ1) is 7.31. The van der Waals surface area contributed by atoms with E-state index in [-0.39, 0.29) is 11.1 Å². The van der Waals surface area contributed by atoms with Gasteiger partial charge in [-0.15, -0.1) is 6.58 Å². The molecule has 0 atom stereocenters. The van der Waals surface area contributed by atoms with Crippen LogP contribution in [0.5, 0.6) is 0 Å². The van der Waals surface area contributed by atoms with Gasteiger partial charge in [0, 0.05) is 18.1 Å². The van der Waals surface area contributed by atoms with Gasteiger partial charge in [0.2, 0.25) is 0 Å². The zero-order valence-corrected chi connectivity index (χ0v) is 8.62. The summed E-state index contributed by atoms with van der Waals surface area (Å²) in [6, 6.07) is 0. The molecule has 15 heavy (non-hydrogen) atoms. The minimum absolute atomic E-state index is 0.264. The van der Waals surface area contributed by atoms with Crippen LogP contribution >= 0.6 is 11.8 Å². The van der Waals surface area contributed by atoms with E-state index in [0.717, 1.165) is 0 Å². The monoisotopic (exact) mass is 220 g/mol. The lowest BCUT2D eigenvalue weighted by Gasteiger charge is -1.98. The lowest BCUT2D eigenvalue weighted by molar-refractivity contribution is 0.952. The van der Waals surface area contributed by atoms with E-state index >= 15 is 0 Å². The standard InChI is InChI=1S/C9H8N4OS/c1-2-5-15-9-12-7-6(8(14)13-9)10-3-4-11-7/h2-4H,1,5H2,(H,11,12,13,14). The van der Waals surface area contributed by atoms with E-state index in [1.165, 1.54) is 24.2 Å². The number of H-pyrrole nitrogens is 1. The zero-order valence-electron chi connectivity index (χ0n) is 7.80. The summed E-state index contributed by atoms with van der Waals surface area (Å²) in [6.07, 6.45) is 4.72. The van der Waals surface area contributed by atoms with E-state index in [9.17, 15) is 4.79 Å². The van der Waals surface area contributed by atoms with Gasteiger partial charge in [0.1, 0.15) is 0 Å². The van der Waals surface area contributed by atoms with Crippen molar-refractivity contribution >= 4 is 22.9 Å². The van der Waals surface area contributed by atoms with Crippen LogP contribution in [0.3, 0.4) is 0 Å². The SMILES string of the molecule is C=CCSc1nc2nccnc2c(=O)[nH]1. The summed E-state index contributed by atoms with van der Waals surface area (Å²) >= 11 is 1.40. The Hall–Kier alpha value is -1.69. The summed E-state index contributed by atoms with van der Waals surface area (Å²) in [6.45, 7) is 3.59. The van der Waals surface area contributed by atoms with Gasteiger partial charge in [-0.05, 0) is 0 Å². The van der Waals surface area contributed by atoms with E-state index < -0.39 is 0 Å². The van der Waals surface area contributed by atoms with E-state index in [2.05, 4.69) is 26.5 Å². The van der Waals surface area contributed by atoms with Gasteiger partial charge in [0.15, 0.2) is 16.3 Å². The van der Waals surface area contributed by atoms with E-state index in [1.54, 1.807) is 6.08 Å². The van der Waals surface area contributed by atoms with Crippen molar-refractivity contribution in [3.63, 3.8) is 0 Å². The van der Waals surface area contributed by atoms with E-state index in [0.29, 0.717) is 16.6 Å². The molecule has 0 aliphatic heterocycles. The molecule has 0 saturated carbocycles. The van der Waals surface area contributed by atoms with Crippen LogP contribution in [0.25, 0.3) is 11.2 Å². The molecule has 0 spiro atoms. The molecule has 0 radical (unpaired) electrons. The van der Waals surface area contributed by atoms with Gasteiger partial charge in [-0.2, -0.15) is 0 Å². The zero-order chi connectivity index (χ0) is 10.7. The van der Waals surface area contributed by atoms with Crippen LogP contribution in [-0.4, -0.2) is 25.7 Å². The first-order valence-electron chi connectivity index (χ1n) is 4.26. The second-order valence-electron chi connectivity index (χ2n) is 2.70. The molecule has 0 bridgehead atoms. The third-order valence-electron chi connectivity index (χ3n) is 1.66. The largest absolute Gasteiger partial charge is 0.299 e. The topological polar surface area (TPSA) is 71.5 Å². The van der Waals surface area contributed by atoms with Gasteiger partial charge in [-0.1, -0.05) is 17.8 Å². The fraction of sp³-hybridized carbons (Fsp3) is 0.111. The second kappa shape index (κ2) is 4.22. The third-order valence-corrected chi connectivity index (χ3v) is 2.53. The van der Waals surface area contributed by atoms with Crippen LogP contribution in [0.4, 0.5) is 0 Å². The van der Waals surface area contributed by atoms with Crippen molar-refractivity contribution in [3.05, 3.63) is 35.4 Å². The molecule has 6 heteroatoms. The number of nitrogens with one attached hydrogen (secondary N) is 1. The Labute approximate surface area is 89.7 Å². The highest BCUT2D eigenvalue weighted by molar-refractivity contribution is 7.99. The number of hydrogen-bond donors (Lipinski definition) is 1. The molecule has 2 rings (SSSR count). The molecule has 2 aromatic rings. The predicted octanol–water partition coefficient (Wildman–Crippen LogP) is 0.991. The van der Waals surface area contributed by atoms with E-state index in [1.807, 2.05) is 0 Å². The molecule has 0 unspecified atom stereocenters. The van der Waals surface area contributed by atoms with Crippen molar-refractivity contribution in [2.75, 3.05) is 5.75 Å². The summed E-state index contributed by atoms with van der Waals surface area (Å²) in [5.41, 5.74) is 0.368. The molecule has 0 amide bonds. The molecular weight excluding hydrogens is 212 g/mol. The number of nitrogens with zero attached hydrogens (tertiary/aromatic N) is 3. The van der Waals surface area contributed by atoms with Crippen molar-refractivity contribution < 1.29 is 0 Å². The molecule has 1 N–H and O–H groups in total. The average Bonchev–Trinajstić information content (AvgIpc) is 2.26. The molecule has 2 heterocycles. The minimum Gasteiger partial charge on any atom is -0.299 e. The number of aromatic amines is 1. The van der Waals surface area contributed by atoms with Crippen LogP contribution in [0.2, 0.25) is 0 Å². The van der Waals surface area contributed by atoms with Crippen LogP contribution in [0, 0.1) is 0 Å². The molecule has 0 aliphatic carbocycles. The fourth-order valence-corrected chi connectivity index (χ4v) is 1.65. The Balaban J connectivity index is 2.52. The molecule has 2 aromatic heterocycles. The van der Waals surface area contributed by atoms with Crippen molar-refractivity contribution in [2.24, 2.45) is 0 Å². The van der Waals surface area contributed by atoms with Gasteiger partial charge in [0.05, 0.1) is 0 Å². The van der Waals surface area contributed by atoms with E-state index in [4.69, 9.17) is 0 Å². The highest BCUT2D eigenvalue weighted by Crippen LogP contribution is 2.11. The number of fused-ring (bicyclic) bond motifs is 1. The van der Waals surface area contributed by atoms with Crippen LogP contribution in [0.15, 0.2) is 35.0 Å². The van der Waals surface area contributed by atoms with Gasteiger partial charge >= 0.3 is 0 Å². The molecule has 5 nitrogen and oxygen atoms in total. The highest BCUT2D eigenvalue weighted by atomic mass is 32.2. The summed E-state index contributed by atoms with van der Waals surface area (Å²) < 4.78 is 0. The number of aromatic nitrogens is 4. The maximum Gasteiger partial charge on any atom is 0.279 e. The number of hydrogen-bond acceptors (Lipinski definition) is 5. The predicted molar refractivity (Wildman–Crippen MR) is 58.9 cm³/mol. The van der Waals surface area contributed by atoms with Gasteiger partial charge < -0.3 is 0 Å². The van der Waals surface area contributed by atoms with Gasteiger partial charge in [-0.25, -0.2) is 15.0 Å². The summed E-state index contributed by atoms with van der Waals surface area (Å²) in [7, 11) is 0. The first kappa shape index (κ1) is 9.85. The second-order valence-corrected chi connectivity index (χ2v) is 3.71. The molecule has 0 fully saturated rings. The first-order valence-corrected chi connectivity index (χ1v) is 5.24. The average molecular weight is 220 g/mol. The molecule has 0 saturated heterocycles. The normalized spacial score (nSPS) is 10.4. The van der Waals surface area contributed by atoms with Crippen molar-refractivity contribution in [2.45, 2.75) is 5.16 Å². The van der Waals surface area contributed by atoms with Gasteiger partial charge in [-0.3, -0.25) is 9.78 Å². The lowest BCUT2D eigenvalue weighted by Crippen LogP contribution is -2.11. The Morgan fingerprint density at radius 1 is 1.47 bits per heavy atom. The maximum atomic E-state index is 11.5. The molecular formula is C9H8N4OS. The quantitative estimate of drug-likeness (QED) is 0.474. The fourth-order valence-electron chi connectivity index (χ4n) is 1.06. The van der Waals surface area contributed by atoms with Crippen LogP contribution in [-0.2, 0) is 0 Å².